The Hall–Kier alpha value is -0.860. The van der Waals surface area contributed by atoms with Crippen LogP contribution in [-0.2, 0) is 5.60 Å². The second-order valence-electron chi connectivity index (χ2n) is 4.91. The molecule has 1 N–H and O–H groups in total. The molecule has 2 nitrogen and oxygen atoms in total. The monoisotopic (exact) mass is 219 g/mol. The van der Waals surface area contributed by atoms with Crippen LogP contribution in [0.15, 0.2) is 30.3 Å². The molecule has 16 heavy (non-hydrogen) atoms. The maximum atomic E-state index is 10.9. The minimum Gasteiger partial charge on any atom is -0.385 e. The summed E-state index contributed by atoms with van der Waals surface area (Å²) in [7, 11) is 2.13. The van der Waals surface area contributed by atoms with E-state index >= 15 is 0 Å². The van der Waals surface area contributed by atoms with Crippen LogP contribution in [0.1, 0.15) is 25.3 Å². The lowest BCUT2D eigenvalue weighted by Crippen LogP contribution is -2.48. The van der Waals surface area contributed by atoms with Gasteiger partial charge in [0.05, 0.1) is 5.60 Å². The van der Waals surface area contributed by atoms with E-state index in [9.17, 15) is 5.11 Å². The normalized spacial score (nSPS) is 31.6. The van der Waals surface area contributed by atoms with Crippen molar-refractivity contribution in [3.63, 3.8) is 0 Å². The summed E-state index contributed by atoms with van der Waals surface area (Å²) in [5.74, 6) is 0.341. The third-order valence-corrected chi connectivity index (χ3v) is 3.85. The van der Waals surface area contributed by atoms with Crippen molar-refractivity contribution in [1.82, 2.24) is 4.90 Å². The molecule has 0 radical (unpaired) electrons. The van der Waals surface area contributed by atoms with E-state index in [-0.39, 0.29) is 0 Å². The van der Waals surface area contributed by atoms with Crippen LogP contribution in [0, 0.1) is 5.92 Å². The van der Waals surface area contributed by atoms with E-state index in [2.05, 4.69) is 18.9 Å². The lowest BCUT2D eigenvalue weighted by molar-refractivity contribution is -0.0743. The number of rotatable bonds is 2. The van der Waals surface area contributed by atoms with Crippen LogP contribution in [0.4, 0.5) is 0 Å². The van der Waals surface area contributed by atoms with Gasteiger partial charge >= 0.3 is 0 Å². The molecule has 2 heteroatoms. The third kappa shape index (κ3) is 2.00. The maximum Gasteiger partial charge on any atom is 0.0948 e. The Kier molecular flexibility index (Phi) is 3.31. The summed E-state index contributed by atoms with van der Waals surface area (Å²) >= 11 is 0. The van der Waals surface area contributed by atoms with Gasteiger partial charge in [-0.15, -0.1) is 0 Å². The van der Waals surface area contributed by atoms with Crippen LogP contribution in [0.25, 0.3) is 0 Å². The van der Waals surface area contributed by atoms with E-state index in [1.54, 1.807) is 0 Å². The summed E-state index contributed by atoms with van der Waals surface area (Å²) in [5, 5.41) is 10.9. The second-order valence-corrected chi connectivity index (χ2v) is 4.91. The number of nitrogens with zero attached hydrogens (tertiary/aromatic N) is 1. The van der Waals surface area contributed by atoms with Crippen LogP contribution < -0.4 is 0 Å². The Morgan fingerprint density at radius 2 is 2.06 bits per heavy atom. The van der Waals surface area contributed by atoms with Crippen molar-refractivity contribution in [3.8, 4) is 0 Å². The molecule has 1 aliphatic heterocycles. The number of aliphatic hydroxyl groups is 1. The van der Waals surface area contributed by atoms with Crippen LogP contribution in [-0.4, -0.2) is 30.1 Å². The molecule has 1 aromatic rings. The van der Waals surface area contributed by atoms with Gasteiger partial charge in [0.25, 0.3) is 0 Å². The van der Waals surface area contributed by atoms with Crippen molar-refractivity contribution in [1.29, 1.82) is 0 Å². The fraction of sp³-hybridized carbons (Fsp3) is 0.571. The zero-order valence-electron chi connectivity index (χ0n) is 10.2. The summed E-state index contributed by atoms with van der Waals surface area (Å²) < 4.78 is 0. The van der Waals surface area contributed by atoms with Crippen LogP contribution in [0.3, 0.4) is 0 Å². The highest BCUT2D eigenvalue weighted by Gasteiger charge is 2.40. The highest BCUT2D eigenvalue weighted by Crippen LogP contribution is 2.38. The Bertz CT molecular complexity index is 338. The fourth-order valence-corrected chi connectivity index (χ4v) is 2.76. The summed E-state index contributed by atoms with van der Waals surface area (Å²) in [6, 6.07) is 10.1. The quantitative estimate of drug-likeness (QED) is 0.824. The van der Waals surface area contributed by atoms with Gasteiger partial charge in [-0.2, -0.15) is 0 Å². The molecular formula is C14H21NO. The average Bonchev–Trinajstić information content (AvgIpc) is 2.33. The molecule has 0 amide bonds. The van der Waals surface area contributed by atoms with Gasteiger partial charge in [-0.25, -0.2) is 0 Å². The van der Waals surface area contributed by atoms with E-state index in [0.717, 1.165) is 31.5 Å². The van der Waals surface area contributed by atoms with Crippen LogP contribution in [0.5, 0.6) is 0 Å². The lowest BCUT2D eigenvalue weighted by atomic mass is 9.75. The van der Waals surface area contributed by atoms with Gasteiger partial charge in [0, 0.05) is 19.0 Å². The molecule has 1 aliphatic rings. The van der Waals surface area contributed by atoms with E-state index in [1.165, 1.54) is 0 Å². The second kappa shape index (κ2) is 4.56. The van der Waals surface area contributed by atoms with Gasteiger partial charge in [-0.3, -0.25) is 0 Å². The summed E-state index contributed by atoms with van der Waals surface area (Å²) in [6.07, 6.45) is 1.86. The van der Waals surface area contributed by atoms with E-state index < -0.39 is 5.60 Å². The van der Waals surface area contributed by atoms with Gasteiger partial charge in [0.2, 0.25) is 0 Å². The predicted molar refractivity (Wildman–Crippen MR) is 66.2 cm³/mol. The zero-order chi connectivity index (χ0) is 11.6. The average molecular weight is 219 g/mol. The first-order chi connectivity index (χ1) is 7.66. The van der Waals surface area contributed by atoms with Gasteiger partial charge in [0.1, 0.15) is 0 Å². The third-order valence-electron chi connectivity index (χ3n) is 3.85. The lowest BCUT2D eigenvalue weighted by Gasteiger charge is -2.43. The van der Waals surface area contributed by atoms with Gasteiger partial charge < -0.3 is 10.0 Å². The number of hydrogen-bond acceptors (Lipinski definition) is 2. The van der Waals surface area contributed by atoms with Crippen molar-refractivity contribution in [2.45, 2.75) is 25.4 Å². The van der Waals surface area contributed by atoms with Crippen molar-refractivity contribution in [2.75, 3.05) is 20.1 Å². The first-order valence-electron chi connectivity index (χ1n) is 6.13. The van der Waals surface area contributed by atoms with Crippen molar-refractivity contribution < 1.29 is 5.11 Å². The molecule has 1 heterocycles. The molecule has 2 rings (SSSR count). The molecular weight excluding hydrogens is 198 g/mol. The molecule has 1 aromatic carbocycles. The van der Waals surface area contributed by atoms with Crippen LogP contribution in [0.2, 0.25) is 0 Å². The number of piperidine rings is 1. The standard InChI is InChI=1S/C14H21NO/c1-3-12-11-15(2)10-9-14(12,16)13-7-5-4-6-8-13/h4-8,12,16H,3,9-11H2,1-2H3/t12-,14-/m0/s1. The molecule has 0 saturated carbocycles. The van der Waals surface area contributed by atoms with Gasteiger partial charge in [-0.1, -0.05) is 37.3 Å². The Morgan fingerprint density at radius 3 is 2.69 bits per heavy atom. The molecule has 0 aromatic heterocycles. The molecule has 2 atom stereocenters. The predicted octanol–water partition coefficient (Wildman–Crippen LogP) is 2.24. The molecule has 0 aliphatic carbocycles. The van der Waals surface area contributed by atoms with Gasteiger partial charge in [-0.05, 0) is 25.5 Å². The highest BCUT2D eigenvalue weighted by atomic mass is 16.3. The van der Waals surface area contributed by atoms with E-state index in [1.807, 2.05) is 30.3 Å². The van der Waals surface area contributed by atoms with Crippen molar-refractivity contribution in [2.24, 2.45) is 5.92 Å². The van der Waals surface area contributed by atoms with E-state index in [4.69, 9.17) is 0 Å². The van der Waals surface area contributed by atoms with Crippen LogP contribution >= 0.6 is 0 Å². The van der Waals surface area contributed by atoms with Gasteiger partial charge in [0.15, 0.2) is 0 Å². The highest BCUT2D eigenvalue weighted by molar-refractivity contribution is 5.24. The largest absolute Gasteiger partial charge is 0.385 e. The Morgan fingerprint density at radius 1 is 1.38 bits per heavy atom. The SMILES string of the molecule is CC[C@H]1CN(C)CC[C@@]1(O)c1ccccc1. The molecule has 88 valence electrons. The number of hydrogen-bond donors (Lipinski definition) is 1. The Balaban J connectivity index is 2.29. The van der Waals surface area contributed by atoms with Crippen molar-refractivity contribution in [3.05, 3.63) is 35.9 Å². The summed E-state index contributed by atoms with van der Waals surface area (Å²) in [4.78, 5) is 2.31. The minimum absolute atomic E-state index is 0.341. The molecule has 1 saturated heterocycles. The summed E-state index contributed by atoms with van der Waals surface area (Å²) in [6.45, 7) is 4.13. The van der Waals surface area contributed by atoms with E-state index in [0.29, 0.717) is 5.92 Å². The zero-order valence-corrected chi connectivity index (χ0v) is 10.2. The molecule has 1 fully saturated rings. The number of likely N-dealkylation sites (tertiary alicyclic amines) is 1. The van der Waals surface area contributed by atoms with Crippen molar-refractivity contribution >= 4 is 0 Å². The smallest absolute Gasteiger partial charge is 0.0948 e. The number of benzene rings is 1. The Labute approximate surface area is 97.9 Å². The maximum absolute atomic E-state index is 10.9. The summed E-state index contributed by atoms with van der Waals surface area (Å²) in [5.41, 5.74) is 0.456. The molecule has 0 bridgehead atoms. The molecule has 0 spiro atoms. The fourth-order valence-electron chi connectivity index (χ4n) is 2.76. The minimum atomic E-state index is -0.622. The first kappa shape index (κ1) is 11.6. The first-order valence-corrected chi connectivity index (χ1v) is 6.13. The molecule has 0 unspecified atom stereocenters. The topological polar surface area (TPSA) is 23.5 Å².